The molecule has 2 unspecified atom stereocenters. The lowest BCUT2D eigenvalue weighted by Gasteiger charge is -2.25. The van der Waals surface area contributed by atoms with E-state index in [9.17, 15) is 14.7 Å². The first-order chi connectivity index (χ1) is 12.7. The minimum absolute atomic E-state index is 0.0803. The predicted molar refractivity (Wildman–Crippen MR) is 98.6 cm³/mol. The number of fused-ring (bicyclic) bond motifs is 3. The Kier molecular flexibility index (Phi) is 6.43. The Morgan fingerprint density at radius 1 is 1.19 bits per heavy atom. The summed E-state index contributed by atoms with van der Waals surface area (Å²) >= 11 is 0. The molecule has 2 atom stereocenters. The van der Waals surface area contributed by atoms with E-state index in [1.165, 1.54) is 0 Å². The molecule has 0 spiro atoms. The Hall–Kier alpha value is -2.19. The number of anilines is 1. The first-order valence-corrected chi connectivity index (χ1v) is 9.16. The van der Waals surface area contributed by atoms with Crippen LogP contribution < -0.4 is 5.32 Å². The van der Waals surface area contributed by atoms with Crippen molar-refractivity contribution in [2.24, 2.45) is 0 Å². The van der Waals surface area contributed by atoms with Gasteiger partial charge in [0.2, 0.25) is 0 Å². The summed E-state index contributed by atoms with van der Waals surface area (Å²) in [7, 11) is 0. The molecule has 150 valence electrons. The molecule has 1 aromatic heterocycles. The van der Waals surface area contributed by atoms with Gasteiger partial charge in [0.1, 0.15) is 11.4 Å². The van der Waals surface area contributed by atoms with Gasteiger partial charge in [0, 0.05) is 12.0 Å². The highest BCUT2D eigenvalue weighted by Gasteiger charge is 2.35. The Labute approximate surface area is 159 Å². The van der Waals surface area contributed by atoms with E-state index in [-0.39, 0.29) is 19.1 Å². The van der Waals surface area contributed by atoms with Gasteiger partial charge in [-0.2, -0.15) is 0 Å². The zero-order chi connectivity index (χ0) is 20.4. The van der Waals surface area contributed by atoms with Gasteiger partial charge >= 0.3 is 12.1 Å². The van der Waals surface area contributed by atoms with Gasteiger partial charge in [-0.3, -0.25) is 5.32 Å². The number of hydrogen-bond acceptors (Lipinski definition) is 6. The molecule has 2 N–H and O–H groups in total. The summed E-state index contributed by atoms with van der Waals surface area (Å²) in [5.41, 5.74) is 2.50. The number of carbonyl (C=O) groups is 2. The fourth-order valence-corrected chi connectivity index (χ4v) is 3.08. The van der Waals surface area contributed by atoms with Gasteiger partial charge in [-0.25, -0.2) is 14.6 Å². The number of nitrogens with one attached hydrogen (secondary N) is 1. The third kappa shape index (κ3) is 4.75. The number of rotatable bonds is 2. The van der Waals surface area contributed by atoms with Gasteiger partial charge in [0.15, 0.2) is 6.10 Å². The molecule has 3 heterocycles. The highest BCUT2D eigenvalue weighted by Crippen LogP contribution is 2.40. The molecule has 8 heteroatoms. The molecule has 3 rings (SSSR count). The summed E-state index contributed by atoms with van der Waals surface area (Å²) in [4.78, 5) is 27.8. The number of aromatic nitrogens is 1. The largest absolute Gasteiger partial charge is 0.479 e. The van der Waals surface area contributed by atoms with E-state index in [1.54, 1.807) is 20.8 Å². The van der Waals surface area contributed by atoms with Crippen LogP contribution in [0.2, 0.25) is 0 Å². The van der Waals surface area contributed by atoms with Crippen LogP contribution in [0.15, 0.2) is 0 Å². The molecule has 8 nitrogen and oxygen atoms in total. The van der Waals surface area contributed by atoms with Crippen molar-refractivity contribution in [1.29, 1.82) is 0 Å². The molecule has 0 bridgehead atoms. The van der Waals surface area contributed by atoms with Crippen molar-refractivity contribution in [3.63, 3.8) is 0 Å². The van der Waals surface area contributed by atoms with Crippen LogP contribution in [0.3, 0.4) is 0 Å². The molecule has 0 radical (unpaired) electrons. The van der Waals surface area contributed by atoms with Crippen LogP contribution in [0, 0.1) is 0 Å². The molecule has 0 fully saturated rings. The van der Waals surface area contributed by atoms with Crippen molar-refractivity contribution in [3.05, 3.63) is 22.4 Å². The van der Waals surface area contributed by atoms with E-state index < -0.39 is 23.8 Å². The van der Waals surface area contributed by atoms with Gasteiger partial charge in [-0.15, -0.1) is 0 Å². The molecule has 27 heavy (non-hydrogen) atoms. The maximum absolute atomic E-state index is 12.1. The average Bonchev–Trinajstić information content (AvgIpc) is 2.97. The monoisotopic (exact) mass is 380 g/mol. The van der Waals surface area contributed by atoms with Crippen molar-refractivity contribution in [1.82, 2.24) is 4.98 Å². The van der Waals surface area contributed by atoms with Crippen LogP contribution in [0.5, 0.6) is 0 Å². The number of amides is 1. The third-order valence-electron chi connectivity index (χ3n) is 4.13. The van der Waals surface area contributed by atoms with Gasteiger partial charge in [0.05, 0.1) is 25.0 Å². The first kappa shape index (κ1) is 21.1. The van der Waals surface area contributed by atoms with Crippen LogP contribution in [-0.2, 0) is 38.6 Å². The van der Waals surface area contributed by atoms with Gasteiger partial charge in [-0.05, 0) is 38.8 Å². The summed E-state index contributed by atoms with van der Waals surface area (Å²) in [5, 5.41) is 11.9. The second-order valence-corrected chi connectivity index (χ2v) is 7.20. The standard InChI is InChI=1S/C17H22N2O6.C2H6/c1-8-13-10(6-23-8)9-5-12(15(20)21)24-7-11(9)18-14(13)19-16(22)25-17(2,3)4;1-2/h8,12H,5-7H2,1-4H3,(H,20,21)(H,18,19,22);1-2H3. The van der Waals surface area contributed by atoms with Crippen LogP contribution in [0.1, 0.15) is 70.0 Å². The Bertz CT molecular complexity index is 726. The minimum atomic E-state index is -0.998. The zero-order valence-electron chi connectivity index (χ0n) is 16.7. The summed E-state index contributed by atoms with van der Waals surface area (Å²) < 4.78 is 16.3. The molecule has 0 aliphatic carbocycles. The van der Waals surface area contributed by atoms with E-state index in [4.69, 9.17) is 14.2 Å². The zero-order valence-corrected chi connectivity index (χ0v) is 16.7. The van der Waals surface area contributed by atoms with E-state index >= 15 is 0 Å². The SMILES string of the molecule is CC.CC1OCc2c3c(nc(NC(=O)OC(C)(C)C)c21)COC(C(=O)O)C3. The molecule has 1 amide bonds. The van der Waals surface area contributed by atoms with E-state index in [0.29, 0.717) is 18.1 Å². The number of aliphatic carboxylic acids is 1. The van der Waals surface area contributed by atoms with Gasteiger partial charge in [-0.1, -0.05) is 13.8 Å². The van der Waals surface area contributed by atoms with Crippen molar-refractivity contribution >= 4 is 17.9 Å². The lowest BCUT2D eigenvalue weighted by Crippen LogP contribution is -2.32. The van der Waals surface area contributed by atoms with Crippen molar-refractivity contribution in [2.75, 3.05) is 5.32 Å². The van der Waals surface area contributed by atoms with E-state index in [1.807, 2.05) is 20.8 Å². The van der Waals surface area contributed by atoms with Crippen LogP contribution in [0.25, 0.3) is 0 Å². The number of nitrogens with zero attached hydrogens (tertiary/aromatic N) is 1. The summed E-state index contributed by atoms with van der Waals surface area (Å²) in [6.07, 6.45) is -1.49. The van der Waals surface area contributed by atoms with Crippen LogP contribution >= 0.6 is 0 Å². The molecular formula is C19H28N2O6. The van der Waals surface area contributed by atoms with Crippen LogP contribution in [0.4, 0.5) is 10.6 Å². The van der Waals surface area contributed by atoms with Crippen molar-refractivity contribution in [3.8, 4) is 0 Å². The normalized spacial score (nSPS) is 20.7. The van der Waals surface area contributed by atoms with Gasteiger partial charge in [0.25, 0.3) is 0 Å². The topological polar surface area (TPSA) is 107 Å². The first-order valence-electron chi connectivity index (χ1n) is 9.16. The number of carboxylic acid groups (broad SMARTS) is 1. The lowest BCUT2D eigenvalue weighted by atomic mass is 9.94. The fourth-order valence-electron chi connectivity index (χ4n) is 3.08. The molecule has 0 aromatic carbocycles. The smallest absolute Gasteiger partial charge is 0.413 e. The van der Waals surface area contributed by atoms with E-state index in [0.717, 1.165) is 16.7 Å². The molecular weight excluding hydrogens is 352 g/mol. The molecule has 2 aliphatic rings. The predicted octanol–water partition coefficient (Wildman–Crippen LogP) is 3.57. The fraction of sp³-hybridized carbons (Fsp3) is 0.632. The van der Waals surface area contributed by atoms with Gasteiger partial charge < -0.3 is 19.3 Å². The number of ether oxygens (including phenoxy) is 3. The summed E-state index contributed by atoms with van der Waals surface area (Å²) in [6, 6.07) is 0. The maximum atomic E-state index is 12.1. The van der Waals surface area contributed by atoms with E-state index in [2.05, 4.69) is 10.3 Å². The number of pyridine rings is 1. The molecule has 2 aliphatic heterocycles. The van der Waals surface area contributed by atoms with Crippen LogP contribution in [-0.4, -0.2) is 33.9 Å². The lowest BCUT2D eigenvalue weighted by molar-refractivity contribution is -0.152. The third-order valence-corrected chi connectivity index (χ3v) is 4.13. The maximum Gasteiger partial charge on any atom is 0.413 e. The Balaban J connectivity index is 0.00000126. The highest BCUT2D eigenvalue weighted by molar-refractivity contribution is 5.85. The van der Waals surface area contributed by atoms with Crippen molar-refractivity contribution < 1.29 is 28.9 Å². The number of hydrogen-bond donors (Lipinski definition) is 2. The quantitative estimate of drug-likeness (QED) is 0.807. The molecule has 1 aromatic rings. The average molecular weight is 380 g/mol. The Morgan fingerprint density at radius 2 is 1.85 bits per heavy atom. The summed E-state index contributed by atoms with van der Waals surface area (Å²) in [6.45, 7) is 11.6. The number of carboxylic acids is 1. The number of carbonyl (C=O) groups excluding carboxylic acids is 1. The highest BCUT2D eigenvalue weighted by atomic mass is 16.6. The Morgan fingerprint density at radius 3 is 2.44 bits per heavy atom. The molecule has 0 saturated heterocycles. The summed E-state index contributed by atoms with van der Waals surface area (Å²) in [5.74, 6) is -0.618. The second kappa shape index (κ2) is 8.22. The molecule has 0 saturated carbocycles. The van der Waals surface area contributed by atoms with Crippen molar-refractivity contribution in [2.45, 2.75) is 79.0 Å². The second-order valence-electron chi connectivity index (χ2n) is 7.20. The minimum Gasteiger partial charge on any atom is -0.479 e.